The highest BCUT2D eigenvalue weighted by molar-refractivity contribution is 5.48. The molecule has 1 aromatic rings. The molecule has 0 saturated carbocycles. The number of hydrazine groups is 1. The molecule has 0 radical (unpaired) electrons. The SMILES string of the molecule is CCCc1nc(NN)cc(N(CC)CCCN(C)C)n1. The number of nitrogen functional groups attached to an aromatic ring is 1. The molecule has 0 aliphatic carbocycles. The Kier molecular flexibility index (Phi) is 7.25. The summed E-state index contributed by atoms with van der Waals surface area (Å²) in [6, 6.07) is 1.92. The van der Waals surface area contributed by atoms with Gasteiger partial charge >= 0.3 is 0 Å². The normalized spacial score (nSPS) is 10.9. The predicted molar refractivity (Wildman–Crippen MR) is 84.9 cm³/mol. The summed E-state index contributed by atoms with van der Waals surface area (Å²) in [4.78, 5) is 13.5. The van der Waals surface area contributed by atoms with E-state index in [1.165, 1.54) is 0 Å². The van der Waals surface area contributed by atoms with Crippen molar-refractivity contribution in [2.75, 3.05) is 44.1 Å². The third kappa shape index (κ3) is 5.30. The Balaban J connectivity index is 2.81. The van der Waals surface area contributed by atoms with Crippen LogP contribution in [-0.2, 0) is 6.42 Å². The van der Waals surface area contributed by atoms with Crippen LogP contribution in [0.2, 0.25) is 0 Å². The van der Waals surface area contributed by atoms with E-state index in [1.807, 2.05) is 6.07 Å². The number of hydrogen-bond acceptors (Lipinski definition) is 6. The quantitative estimate of drug-likeness (QED) is 0.527. The lowest BCUT2D eigenvalue weighted by Gasteiger charge is -2.23. The molecule has 6 nitrogen and oxygen atoms in total. The Labute approximate surface area is 122 Å². The zero-order valence-electron chi connectivity index (χ0n) is 13.2. The van der Waals surface area contributed by atoms with Crippen molar-refractivity contribution in [1.29, 1.82) is 0 Å². The van der Waals surface area contributed by atoms with E-state index < -0.39 is 0 Å². The number of hydrogen-bond donors (Lipinski definition) is 2. The first-order valence-electron chi connectivity index (χ1n) is 7.34. The Morgan fingerprint density at radius 1 is 1.20 bits per heavy atom. The second-order valence-corrected chi connectivity index (χ2v) is 5.16. The molecule has 0 atom stereocenters. The number of nitrogens with one attached hydrogen (secondary N) is 1. The number of nitrogens with zero attached hydrogens (tertiary/aromatic N) is 4. The third-order valence-electron chi connectivity index (χ3n) is 3.12. The van der Waals surface area contributed by atoms with Crippen molar-refractivity contribution in [2.45, 2.75) is 33.1 Å². The summed E-state index contributed by atoms with van der Waals surface area (Å²) in [7, 11) is 4.19. The van der Waals surface area contributed by atoms with Gasteiger partial charge in [0.05, 0.1) is 0 Å². The standard InChI is InChI=1S/C14H28N6/c1-5-8-12-16-13(18-15)11-14(17-12)20(6-2)10-7-9-19(3)4/h11H,5-10,15H2,1-4H3,(H,16,17,18). The van der Waals surface area contributed by atoms with E-state index >= 15 is 0 Å². The first kappa shape index (κ1) is 16.7. The molecule has 20 heavy (non-hydrogen) atoms. The first-order chi connectivity index (χ1) is 9.60. The highest BCUT2D eigenvalue weighted by Crippen LogP contribution is 2.16. The summed E-state index contributed by atoms with van der Waals surface area (Å²) in [6.07, 6.45) is 3.01. The van der Waals surface area contributed by atoms with Crippen LogP contribution in [0.5, 0.6) is 0 Å². The summed E-state index contributed by atoms with van der Waals surface area (Å²) >= 11 is 0. The first-order valence-corrected chi connectivity index (χ1v) is 7.34. The summed E-state index contributed by atoms with van der Waals surface area (Å²) < 4.78 is 0. The van der Waals surface area contributed by atoms with E-state index in [0.29, 0.717) is 5.82 Å². The van der Waals surface area contributed by atoms with Gasteiger partial charge in [-0.3, -0.25) is 0 Å². The van der Waals surface area contributed by atoms with Crippen LogP contribution in [0.3, 0.4) is 0 Å². The molecule has 1 rings (SSSR count). The van der Waals surface area contributed by atoms with Gasteiger partial charge in [-0.25, -0.2) is 15.8 Å². The van der Waals surface area contributed by atoms with Gasteiger partial charge in [-0.05, 0) is 40.4 Å². The smallest absolute Gasteiger partial charge is 0.145 e. The summed E-state index contributed by atoms with van der Waals surface area (Å²) in [5.41, 5.74) is 2.63. The van der Waals surface area contributed by atoms with Crippen LogP contribution in [0, 0.1) is 0 Å². The molecule has 0 bridgehead atoms. The van der Waals surface area contributed by atoms with E-state index in [-0.39, 0.29) is 0 Å². The lowest BCUT2D eigenvalue weighted by Crippen LogP contribution is -2.28. The Morgan fingerprint density at radius 3 is 2.50 bits per heavy atom. The van der Waals surface area contributed by atoms with Crippen molar-refractivity contribution >= 4 is 11.6 Å². The molecule has 0 aromatic carbocycles. The van der Waals surface area contributed by atoms with Crippen LogP contribution < -0.4 is 16.2 Å². The van der Waals surface area contributed by atoms with Gasteiger partial charge in [0.15, 0.2) is 0 Å². The van der Waals surface area contributed by atoms with Gasteiger partial charge in [0.2, 0.25) is 0 Å². The van der Waals surface area contributed by atoms with Crippen LogP contribution in [0.25, 0.3) is 0 Å². The average Bonchev–Trinajstić information content (AvgIpc) is 2.43. The van der Waals surface area contributed by atoms with Crippen molar-refractivity contribution in [1.82, 2.24) is 14.9 Å². The number of nitrogens with two attached hydrogens (primary N) is 1. The maximum Gasteiger partial charge on any atom is 0.145 e. The average molecular weight is 280 g/mol. The number of rotatable bonds is 9. The molecule has 6 heteroatoms. The third-order valence-corrected chi connectivity index (χ3v) is 3.12. The van der Waals surface area contributed by atoms with Gasteiger partial charge in [0.1, 0.15) is 17.5 Å². The minimum absolute atomic E-state index is 0.685. The molecule has 0 fully saturated rings. The zero-order valence-corrected chi connectivity index (χ0v) is 13.2. The molecule has 114 valence electrons. The fourth-order valence-corrected chi connectivity index (χ4v) is 2.07. The summed E-state index contributed by atoms with van der Waals surface area (Å²) in [5.74, 6) is 7.99. The van der Waals surface area contributed by atoms with Crippen molar-refractivity contribution in [3.05, 3.63) is 11.9 Å². The van der Waals surface area contributed by atoms with E-state index in [2.05, 4.69) is 53.1 Å². The topological polar surface area (TPSA) is 70.3 Å². The van der Waals surface area contributed by atoms with Crippen LogP contribution in [0.4, 0.5) is 11.6 Å². The largest absolute Gasteiger partial charge is 0.357 e. The molecule has 3 N–H and O–H groups in total. The molecular weight excluding hydrogens is 252 g/mol. The molecule has 0 aliphatic heterocycles. The second kappa shape index (κ2) is 8.71. The van der Waals surface area contributed by atoms with Gasteiger partial charge in [-0.2, -0.15) is 0 Å². The molecule has 0 amide bonds. The Morgan fingerprint density at radius 2 is 1.95 bits per heavy atom. The van der Waals surface area contributed by atoms with Gasteiger partial charge in [0.25, 0.3) is 0 Å². The highest BCUT2D eigenvalue weighted by atomic mass is 15.3. The highest BCUT2D eigenvalue weighted by Gasteiger charge is 2.10. The van der Waals surface area contributed by atoms with Gasteiger partial charge < -0.3 is 15.2 Å². The number of anilines is 2. The van der Waals surface area contributed by atoms with Crippen molar-refractivity contribution in [3.63, 3.8) is 0 Å². The van der Waals surface area contributed by atoms with Crippen LogP contribution >= 0.6 is 0 Å². The van der Waals surface area contributed by atoms with E-state index in [4.69, 9.17) is 5.84 Å². The Hall–Kier alpha value is -1.40. The lowest BCUT2D eigenvalue weighted by molar-refractivity contribution is 0.400. The summed E-state index contributed by atoms with van der Waals surface area (Å²) in [5, 5.41) is 0. The van der Waals surface area contributed by atoms with Crippen LogP contribution in [0.15, 0.2) is 6.07 Å². The van der Waals surface area contributed by atoms with Crippen molar-refractivity contribution < 1.29 is 0 Å². The van der Waals surface area contributed by atoms with Crippen LogP contribution in [-0.4, -0.2) is 48.6 Å². The molecular formula is C14H28N6. The molecule has 1 heterocycles. The van der Waals surface area contributed by atoms with Gasteiger partial charge in [0, 0.05) is 25.6 Å². The molecule has 0 unspecified atom stereocenters. The number of aromatic nitrogens is 2. The van der Waals surface area contributed by atoms with Gasteiger partial charge in [-0.1, -0.05) is 6.92 Å². The number of aryl methyl sites for hydroxylation is 1. The second-order valence-electron chi connectivity index (χ2n) is 5.16. The zero-order chi connectivity index (χ0) is 15.0. The van der Waals surface area contributed by atoms with Crippen molar-refractivity contribution in [3.8, 4) is 0 Å². The molecule has 1 aromatic heterocycles. The van der Waals surface area contributed by atoms with E-state index in [0.717, 1.165) is 50.5 Å². The van der Waals surface area contributed by atoms with Gasteiger partial charge in [-0.15, -0.1) is 0 Å². The van der Waals surface area contributed by atoms with E-state index in [9.17, 15) is 0 Å². The summed E-state index contributed by atoms with van der Waals surface area (Å²) in [6.45, 7) is 7.26. The monoisotopic (exact) mass is 280 g/mol. The maximum absolute atomic E-state index is 5.50. The van der Waals surface area contributed by atoms with Crippen molar-refractivity contribution in [2.24, 2.45) is 5.84 Å². The molecule has 0 saturated heterocycles. The Bertz CT molecular complexity index is 393. The fraction of sp³-hybridized carbons (Fsp3) is 0.714. The molecule has 0 spiro atoms. The predicted octanol–water partition coefficient (Wildman–Crippen LogP) is 1.49. The minimum atomic E-state index is 0.685. The maximum atomic E-state index is 5.50. The minimum Gasteiger partial charge on any atom is -0.357 e. The van der Waals surface area contributed by atoms with E-state index in [1.54, 1.807) is 0 Å². The van der Waals surface area contributed by atoms with Crippen LogP contribution in [0.1, 0.15) is 32.5 Å². The molecule has 0 aliphatic rings. The fourth-order valence-electron chi connectivity index (χ4n) is 2.07. The lowest BCUT2D eigenvalue weighted by atomic mass is 10.3.